The van der Waals surface area contributed by atoms with Crippen LogP contribution in [0.4, 0.5) is 0 Å². The first-order chi connectivity index (χ1) is 7.24. The van der Waals surface area contributed by atoms with Crippen LogP contribution in [0.2, 0.25) is 0 Å². The van der Waals surface area contributed by atoms with Crippen molar-refractivity contribution in [3.63, 3.8) is 0 Å². The lowest BCUT2D eigenvalue weighted by molar-refractivity contribution is 0.181. The van der Waals surface area contributed by atoms with Crippen LogP contribution in [0.5, 0.6) is 0 Å². The lowest BCUT2D eigenvalue weighted by Crippen LogP contribution is -2.09. The second-order valence-electron chi connectivity index (χ2n) is 3.20. The molecule has 1 unspecified atom stereocenters. The summed E-state index contributed by atoms with van der Waals surface area (Å²) in [5, 5.41) is 17.6. The molecule has 0 saturated heterocycles. The van der Waals surface area contributed by atoms with E-state index < -0.39 is 0 Å². The van der Waals surface area contributed by atoms with E-state index in [-0.39, 0.29) is 11.7 Å². The Kier molecular flexibility index (Phi) is 3.84. The highest BCUT2D eigenvalue weighted by Gasteiger charge is 2.14. The van der Waals surface area contributed by atoms with Crippen LogP contribution in [0.15, 0.2) is 6.33 Å². The molecule has 78 valence electrons. The van der Waals surface area contributed by atoms with Crippen molar-refractivity contribution in [3.05, 3.63) is 17.7 Å². The van der Waals surface area contributed by atoms with E-state index in [1.165, 1.54) is 6.33 Å². The SMILES string of the molecule is COCCC(C)n1cnc(C#N)c1C#N. The minimum atomic E-state index is 0.106. The quantitative estimate of drug-likeness (QED) is 0.739. The van der Waals surface area contributed by atoms with Gasteiger partial charge in [0.15, 0.2) is 11.4 Å². The molecule has 0 aromatic carbocycles. The van der Waals surface area contributed by atoms with Crippen LogP contribution in [0.25, 0.3) is 0 Å². The van der Waals surface area contributed by atoms with E-state index in [4.69, 9.17) is 15.3 Å². The highest BCUT2D eigenvalue weighted by atomic mass is 16.5. The first kappa shape index (κ1) is 11.2. The number of methoxy groups -OCH3 is 1. The number of aromatic nitrogens is 2. The molecule has 1 heterocycles. The van der Waals surface area contributed by atoms with Gasteiger partial charge in [-0.2, -0.15) is 10.5 Å². The number of imidazole rings is 1. The predicted molar refractivity (Wildman–Crippen MR) is 52.9 cm³/mol. The summed E-state index contributed by atoms with van der Waals surface area (Å²) in [6, 6.07) is 3.99. The van der Waals surface area contributed by atoms with Crippen LogP contribution in [0.3, 0.4) is 0 Å². The number of rotatable bonds is 4. The first-order valence-corrected chi connectivity index (χ1v) is 4.60. The minimum Gasteiger partial charge on any atom is -0.385 e. The van der Waals surface area contributed by atoms with E-state index in [2.05, 4.69) is 4.98 Å². The molecule has 1 rings (SSSR count). The predicted octanol–water partition coefficient (Wildman–Crippen LogP) is 1.22. The topological polar surface area (TPSA) is 74.6 Å². The van der Waals surface area contributed by atoms with Gasteiger partial charge < -0.3 is 9.30 Å². The summed E-state index contributed by atoms with van der Waals surface area (Å²) in [6.45, 7) is 2.58. The molecule has 0 fully saturated rings. The van der Waals surface area contributed by atoms with Gasteiger partial charge in [0.05, 0.1) is 6.33 Å². The summed E-state index contributed by atoms with van der Waals surface area (Å²) in [6.07, 6.45) is 2.31. The molecule has 0 radical (unpaired) electrons. The number of ether oxygens (including phenoxy) is 1. The summed E-state index contributed by atoms with van der Waals surface area (Å²) >= 11 is 0. The van der Waals surface area contributed by atoms with Gasteiger partial charge in [0.25, 0.3) is 0 Å². The minimum absolute atomic E-state index is 0.106. The van der Waals surface area contributed by atoms with Crippen molar-refractivity contribution in [2.45, 2.75) is 19.4 Å². The van der Waals surface area contributed by atoms with E-state index in [1.807, 2.05) is 19.1 Å². The molecular weight excluding hydrogens is 192 g/mol. The maximum absolute atomic E-state index is 8.90. The largest absolute Gasteiger partial charge is 0.385 e. The number of hydrogen-bond acceptors (Lipinski definition) is 4. The highest BCUT2D eigenvalue weighted by Crippen LogP contribution is 2.15. The van der Waals surface area contributed by atoms with E-state index in [1.54, 1.807) is 11.7 Å². The van der Waals surface area contributed by atoms with Crippen molar-refractivity contribution in [2.24, 2.45) is 0 Å². The summed E-state index contributed by atoms with van der Waals surface area (Å²) in [4.78, 5) is 3.87. The van der Waals surface area contributed by atoms with Crippen LogP contribution >= 0.6 is 0 Å². The Bertz CT molecular complexity index is 410. The average Bonchev–Trinajstić information content (AvgIpc) is 2.68. The van der Waals surface area contributed by atoms with Crippen LogP contribution in [-0.2, 0) is 4.74 Å². The van der Waals surface area contributed by atoms with Crippen molar-refractivity contribution in [1.82, 2.24) is 9.55 Å². The third-order valence-electron chi connectivity index (χ3n) is 2.22. The van der Waals surface area contributed by atoms with Crippen molar-refractivity contribution in [1.29, 1.82) is 10.5 Å². The standard InChI is InChI=1S/C10H12N4O/c1-8(3-4-15-2)14-7-13-9(5-11)10(14)6-12/h7-8H,3-4H2,1-2H3. The highest BCUT2D eigenvalue weighted by molar-refractivity contribution is 5.36. The van der Waals surface area contributed by atoms with Gasteiger partial charge in [-0.3, -0.25) is 0 Å². The second-order valence-corrected chi connectivity index (χ2v) is 3.20. The monoisotopic (exact) mass is 204 g/mol. The van der Waals surface area contributed by atoms with Gasteiger partial charge >= 0.3 is 0 Å². The van der Waals surface area contributed by atoms with Crippen molar-refractivity contribution >= 4 is 0 Å². The second kappa shape index (κ2) is 5.14. The molecular formula is C10H12N4O. The fourth-order valence-corrected chi connectivity index (χ4v) is 1.32. The molecule has 0 N–H and O–H groups in total. The number of nitrogens with zero attached hydrogens (tertiary/aromatic N) is 4. The number of hydrogen-bond donors (Lipinski definition) is 0. The summed E-state index contributed by atoms with van der Waals surface area (Å²) in [5.41, 5.74) is 0.503. The maximum atomic E-state index is 8.90. The fraction of sp³-hybridized carbons (Fsp3) is 0.500. The zero-order valence-electron chi connectivity index (χ0n) is 8.77. The smallest absolute Gasteiger partial charge is 0.176 e. The van der Waals surface area contributed by atoms with Crippen molar-refractivity contribution in [3.8, 4) is 12.1 Å². The first-order valence-electron chi connectivity index (χ1n) is 4.60. The molecule has 1 aromatic rings. The fourth-order valence-electron chi connectivity index (χ4n) is 1.32. The normalized spacial score (nSPS) is 11.7. The van der Waals surface area contributed by atoms with Gasteiger partial charge in [-0.15, -0.1) is 0 Å². The molecule has 0 bridgehead atoms. The number of nitriles is 2. The molecule has 5 nitrogen and oxygen atoms in total. The van der Waals surface area contributed by atoms with Crippen LogP contribution in [0, 0.1) is 22.7 Å². The molecule has 5 heteroatoms. The van der Waals surface area contributed by atoms with Crippen LogP contribution < -0.4 is 0 Å². The molecule has 1 atom stereocenters. The molecule has 0 spiro atoms. The van der Waals surface area contributed by atoms with Crippen molar-refractivity contribution in [2.75, 3.05) is 13.7 Å². The summed E-state index contributed by atoms with van der Waals surface area (Å²) < 4.78 is 6.66. The molecule has 0 aliphatic heterocycles. The summed E-state index contributed by atoms with van der Waals surface area (Å²) in [5.74, 6) is 0. The van der Waals surface area contributed by atoms with Gasteiger partial charge in [0, 0.05) is 19.8 Å². The average molecular weight is 204 g/mol. The molecule has 0 aliphatic rings. The van der Waals surface area contributed by atoms with Gasteiger partial charge in [-0.05, 0) is 13.3 Å². The van der Waals surface area contributed by atoms with Crippen LogP contribution in [-0.4, -0.2) is 23.3 Å². The van der Waals surface area contributed by atoms with Crippen molar-refractivity contribution < 1.29 is 4.74 Å². The molecule has 0 aliphatic carbocycles. The van der Waals surface area contributed by atoms with Gasteiger partial charge in [-0.25, -0.2) is 4.98 Å². The molecule has 15 heavy (non-hydrogen) atoms. The van der Waals surface area contributed by atoms with Crippen LogP contribution in [0.1, 0.15) is 30.8 Å². The Balaban J connectivity index is 2.91. The maximum Gasteiger partial charge on any atom is 0.176 e. The zero-order valence-corrected chi connectivity index (χ0v) is 8.77. The van der Waals surface area contributed by atoms with Gasteiger partial charge in [0.2, 0.25) is 0 Å². The molecule has 1 aromatic heterocycles. The summed E-state index contributed by atoms with van der Waals surface area (Å²) in [7, 11) is 1.63. The Labute approximate surface area is 88.5 Å². The Morgan fingerprint density at radius 1 is 1.53 bits per heavy atom. The lowest BCUT2D eigenvalue weighted by atomic mass is 10.2. The Hall–Kier alpha value is -1.85. The van der Waals surface area contributed by atoms with Gasteiger partial charge in [0.1, 0.15) is 12.1 Å². The Morgan fingerprint density at radius 2 is 2.27 bits per heavy atom. The third kappa shape index (κ3) is 2.34. The van der Waals surface area contributed by atoms with E-state index in [0.717, 1.165) is 6.42 Å². The van der Waals surface area contributed by atoms with E-state index in [0.29, 0.717) is 12.3 Å². The van der Waals surface area contributed by atoms with E-state index >= 15 is 0 Å². The molecule has 0 amide bonds. The third-order valence-corrected chi connectivity index (χ3v) is 2.22. The lowest BCUT2D eigenvalue weighted by Gasteiger charge is -2.12. The molecule has 0 saturated carbocycles. The zero-order chi connectivity index (χ0) is 11.3. The van der Waals surface area contributed by atoms with Gasteiger partial charge in [-0.1, -0.05) is 0 Å². The Morgan fingerprint density at radius 3 is 2.80 bits per heavy atom. The van der Waals surface area contributed by atoms with E-state index in [9.17, 15) is 0 Å².